The van der Waals surface area contributed by atoms with Gasteiger partial charge in [0.25, 0.3) is 10.0 Å². The second kappa shape index (κ2) is 12.1. The molecule has 0 N–H and O–H groups in total. The number of sulfonamides is 1. The molecule has 12 heteroatoms. The van der Waals surface area contributed by atoms with Gasteiger partial charge in [-0.1, -0.05) is 37.7 Å². The van der Waals surface area contributed by atoms with Gasteiger partial charge in [-0.2, -0.15) is 4.31 Å². The Kier molecular flexibility index (Phi) is 9.07. The molecule has 0 radical (unpaired) electrons. The smallest absolute Gasteiger partial charge is 0.253 e. The summed E-state index contributed by atoms with van der Waals surface area (Å²) < 4.78 is 40.5. The number of anilines is 1. The highest BCUT2D eigenvalue weighted by molar-refractivity contribution is 7.91. The number of carbonyl (C=O) groups is 1. The normalized spacial score (nSPS) is 16.8. The maximum absolute atomic E-state index is 14.2. The number of piperidine rings is 1. The summed E-state index contributed by atoms with van der Waals surface area (Å²) in [6.07, 6.45) is 1.99. The number of thiophene rings is 1. The first kappa shape index (κ1) is 27.8. The van der Waals surface area contributed by atoms with Crippen LogP contribution in [0.1, 0.15) is 33.1 Å². The third kappa shape index (κ3) is 5.63. The Balaban J connectivity index is 1.75. The highest BCUT2D eigenvalue weighted by atomic mass is 32.2. The molecule has 1 amide bonds. The van der Waals surface area contributed by atoms with Gasteiger partial charge in [0, 0.05) is 19.6 Å². The summed E-state index contributed by atoms with van der Waals surface area (Å²) in [6.45, 7) is 7.23. The van der Waals surface area contributed by atoms with Gasteiger partial charge >= 0.3 is 0 Å². The second-order valence-corrected chi connectivity index (χ2v) is 12.8. The van der Waals surface area contributed by atoms with Crippen LogP contribution in [-0.4, -0.2) is 81.5 Å². The number of hydrogen-bond acceptors (Lipinski definition) is 9. The van der Waals surface area contributed by atoms with E-state index in [0.29, 0.717) is 48.2 Å². The van der Waals surface area contributed by atoms with E-state index in [1.165, 1.54) is 27.0 Å². The molecule has 3 heterocycles. The molecular formula is C25H34N4O5S3. The van der Waals surface area contributed by atoms with Crippen molar-refractivity contribution >= 4 is 54.0 Å². The highest BCUT2D eigenvalue weighted by Gasteiger charge is 2.41. The van der Waals surface area contributed by atoms with E-state index in [0.717, 1.165) is 30.6 Å². The minimum atomic E-state index is -3.78. The number of benzene rings is 1. The number of ether oxygens (including phenoxy) is 2. The Morgan fingerprint density at radius 3 is 2.49 bits per heavy atom. The molecule has 0 bridgehead atoms. The summed E-state index contributed by atoms with van der Waals surface area (Å²) >= 11 is 2.53. The Hall–Kier alpha value is -2.25. The summed E-state index contributed by atoms with van der Waals surface area (Å²) in [5, 5.41) is 2.25. The van der Waals surface area contributed by atoms with Gasteiger partial charge in [-0.3, -0.25) is 9.69 Å². The lowest BCUT2D eigenvalue weighted by Crippen LogP contribution is -2.54. The monoisotopic (exact) mass is 566 g/mol. The molecule has 4 rings (SSSR count). The molecule has 1 aromatic carbocycles. The van der Waals surface area contributed by atoms with Gasteiger partial charge in [-0.25, -0.2) is 13.4 Å². The lowest BCUT2D eigenvalue weighted by molar-refractivity contribution is -0.123. The van der Waals surface area contributed by atoms with Crippen LogP contribution < -0.4 is 14.4 Å². The van der Waals surface area contributed by atoms with Crippen LogP contribution in [-0.2, 0) is 14.8 Å². The predicted molar refractivity (Wildman–Crippen MR) is 149 cm³/mol. The van der Waals surface area contributed by atoms with Gasteiger partial charge in [-0.05, 0) is 49.5 Å². The van der Waals surface area contributed by atoms with Gasteiger partial charge in [0.1, 0.15) is 32.0 Å². The molecule has 202 valence electrons. The van der Waals surface area contributed by atoms with E-state index in [2.05, 4.69) is 18.7 Å². The standard InChI is InChI=1S/C25H34N4O5S3/c1-5-27(6-2)15-16-28(25-26-22-19(33-3)12-13-20(34-4)23(22)36-25)24(30)18-10-7-8-14-29(18)37(31,32)21-11-9-17-35-21/h9,11-13,17-18H,5-8,10,14-16H2,1-4H3. The topological polar surface area (TPSA) is 92.3 Å². The third-order valence-corrected chi connectivity index (χ3v) is 11.1. The van der Waals surface area contributed by atoms with Crippen molar-refractivity contribution in [2.45, 2.75) is 43.4 Å². The van der Waals surface area contributed by atoms with Crippen LogP contribution in [0.15, 0.2) is 33.9 Å². The van der Waals surface area contributed by atoms with E-state index in [-0.39, 0.29) is 10.1 Å². The molecule has 37 heavy (non-hydrogen) atoms. The fraction of sp³-hybridized carbons (Fsp3) is 0.520. The molecule has 1 unspecified atom stereocenters. The largest absolute Gasteiger partial charge is 0.495 e. The summed E-state index contributed by atoms with van der Waals surface area (Å²) in [6, 6.07) is 6.15. The molecular weight excluding hydrogens is 532 g/mol. The molecule has 1 atom stereocenters. The van der Waals surface area contributed by atoms with Gasteiger partial charge in [0.15, 0.2) is 5.13 Å². The number of rotatable bonds is 11. The Labute approximate surface area is 226 Å². The Bertz CT molecular complexity index is 1260. The van der Waals surface area contributed by atoms with Crippen molar-refractivity contribution in [3.8, 4) is 11.5 Å². The number of fused-ring (bicyclic) bond motifs is 1. The molecule has 1 saturated heterocycles. The summed E-state index contributed by atoms with van der Waals surface area (Å²) in [5.74, 6) is 0.994. The van der Waals surface area contributed by atoms with Crippen LogP contribution in [0, 0.1) is 0 Å². The number of likely N-dealkylation sites (N-methyl/N-ethyl adjacent to an activating group) is 1. The van der Waals surface area contributed by atoms with Crippen molar-refractivity contribution < 1.29 is 22.7 Å². The average Bonchev–Trinajstić information content (AvgIpc) is 3.62. The molecule has 1 aliphatic heterocycles. The van der Waals surface area contributed by atoms with Crippen molar-refractivity contribution in [1.29, 1.82) is 0 Å². The Morgan fingerprint density at radius 2 is 1.84 bits per heavy atom. The van der Waals surface area contributed by atoms with Gasteiger partial charge in [-0.15, -0.1) is 11.3 Å². The number of hydrogen-bond donors (Lipinski definition) is 0. The second-order valence-electron chi connectivity index (χ2n) is 8.72. The lowest BCUT2D eigenvalue weighted by atomic mass is 10.0. The van der Waals surface area contributed by atoms with Crippen molar-refractivity contribution in [1.82, 2.24) is 14.2 Å². The van der Waals surface area contributed by atoms with Crippen LogP contribution in [0.4, 0.5) is 5.13 Å². The molecule has 0 saturated carbocycles. The van der Waals surface area contributed by atoms with E-state index in [9.17, 15) is 13.2 Å². The van der Waals surface area contributed by atoms with E-state index in [1.54, 1.807) is 42.7 Å². The van der Waals surface area contributed by atoms with Crippen molar-refractivity contribution in [3.05, 3.63) is 29.6 Å². The van der Waals surface area contributed by atoms with Gasteiger partial charge in [0.05, 0.1) is 14.2 Å². The van der Waals surface area contributed by atoms with Crippen molar-refractivity contribution in [2.24, 2.45) is 0 Å². The number of aromatic nitrogens is 1. The number of carbonyl (C=O) groups excluding carboxylic acids is 1. The zero-order valence-electron chi connectivity index (χ0n) is 21.7. The first-order valence-electron chi connectivity index (χ1n) is 12.5. The quantitative estimate of drug-likeness (QED) is 0.342. The van der Waals surface area contributed by atoms with Crippen LogP contribution in [0.3, 0.4) is 0 Å². The Morgan fingerprint density at radius 1 is 1.11 bits per heavy atom. The molecule has 0 spiro atoms. The number of nitrogens with zero attached hydrogens (tertiary/aromatic N) is 4. The summed E-state index contributed by atoms with van der Waals surface area (Å²) in [7, 11) is -0.599. The van der Waals surface area contributed by atoms with E-state index < -0.39 is 16.1 Å². The maximum Gasteiger partial charge on any atom is 0.253 e. The van der Waals surface area contributed by atoms with Crippen LogP contribution in [0.2, 0.25) is 0 Å². The molecule has 2 aromatic heterocycles. The van der Waals surface area contributed by atoms with E-state index in [4.69, 9.17) is 14.5 Å². The highest BCUT2D eigenvalue weighted by Crippen LogP contribution is 2.41. The summed E-state index contributed by atoms with van der Waals surface area (Å²) in [4.78, 5) is 22.9. The minimum absolute atomic E-state index is 0.246. The zero-order chi connectivity index (χ0) is 26.6. The summed E-state index contributed by atoms with van der Waals surface area (Å²) in [5.41, 5.74) is 0.620. The lowest BCUT2D eigenvalue weighted by Gasteiger charge is -2.36. The molecule has 0 aliphatic carbocycles. The van der Waals surface area contributed by atoms with Crippen LogP contribution in [0.5, 0.6) is 11.5 Å². The van der Waals surface area contributed by atoms with Crippen LogP contribution in [0.25, 0.3) is 10.2 Å². The molecule has 3 aromatic rings. The first-order chi connectivity index (χ1) is 17.8. The van der Waals surface area contributed by atoms with Gasteiger partial charge in [0.2, 0.25) is 5.91 Å². The predicted octanol–water partition coefficient (Wildman–Crippen LogP) is 4.29. The van der Waals surface area contributed by atoms with E-state index in [1.807, 2.05) is 6.07 Å². The number of thiazole rings is 1. The molecule has 9 nitrogen and oxygen atoms in total. The fourth-order valence-corrected chi connectivity index (χ4v) is 8.49. The van der Waals surface area contributed by atoms with Crippen molar-refractivity contribution in [2.75, 3.05) is 51.8 Å². The van der Waals surface area contributed by atoms with Crippen LogP contribution >= 0.6 is 22.7 Å². The van der Waals surface area contributed by atoms with E-state index >= 15 is 0 Å². The molecule has 1 aliphatic rings. The number of methoxy groups -OCH3 is 2. The number of amides is 1. The van der Waals surface area contributed by atoms with Crippen molar-refractivity contribution in [3.63, 3.8) is 0 Å². The zero-order valence-corrected chi connectivity index (χ0v) is 24.1. The maximum atomic E-state index is 14.2. The average molecular weight is 567 g/mol. The fourth-order valence-electron chi connectivity index (χ4n) is 4.62. The third-order valence-electron chi connectivity index (χ3n) is 6.73. The first-order valence-corrected chi connectivity index (χ1v) is 15.6. The minimum Gasteiger partial charge on any atom is -0.495 e. The molecule has 1 fully saturated rings. The SMILES string of the molecule is CCN(CC)CCN(C(=O)C1CCCCN1S(=O)(=O)c1cccs1)c1nc2c(OC)ccc(OC)c2s1. The van der Waals surface area contributed by atoms with Gasteiger partial charge < -0.3 is 14.4 Å².